The number of esters is 1. The fraction of sp³-hybridized carbons (Fsp3) is 0.385. The highest BCUT2D eigenvalue weighted by Crippen LogP contribution is 2.26. The van der Waals surface area contributed by atoms with E-state index in [4.69, 9.17) is 11.5 Å². The molecule has 0 saturated heterocycles. The van der Waals surface area contributed by atoms with Crippen molar-refractivity contribution in [1.29, 1.82) is 0 Å². The molecule has 0 saturated carbocycles. The van der Waals surface area contributed by atoms with Crippen LogP contribution >= 0.6 is 0 Å². The number of amides is 1. The Labute approximate surface area is 112 Å². The number of nitrogens with two attached hydrogens (primary N) is 2. The number of ether oxygens (including phenoxy) is 1. The van der Waals surface area contributed by atoms with Crippen LogP contribution in [0.25, 0.3) is 0 Å². The lowest BCUT2D eigenvalue weighted by atomic mass is 10.0. The van der Waals surface area contributed by atoms with Crippen molar-refractivity contribution < 1.29 is 14.3 Å². The summed E-state index contributed by atoms with van der Waals surface area (Å²) in [4.78, 5) is 23.1. The summed E-state index contributed by atoms with van der Waals surface area (Å²) in [7, 11) is 1.28. The predicted octanol–water partition coefficient (Wildman–Crippen LogP) is 0.977. The van der Waals surface area contributed by atoms with Crippen LogP contribution in [0, 0.1) is 5.92 Å². The van der Waals surface area contributed by atoms with Crippen LogP contribution in [0.5, 0.6) is 0 Å². The van der Waals surface area contributed by atoms with Crippen molar-refractivity contribution in [3.8, 4) is 0 Å². The summed E-state index contributed by atoms with van der Waals surface area (Å²) in [6.07, 6.45) is 0. The van der Waals surface area contributed by atoms with E-state index < -0.39 is 17.9 Å². The van der Waals surface area contributed by atoms with Crippen molar-refractivity contribution in [2.24, 2.45) is 11.7 Å². The van der Waals surface area contributed by atoms with Crippen LogP contribution in [-0.2, 0) is 9.53 Å². The van der Waals surface area contributed by atoms with Crippen molar-refractivity contribution in [3.05, 3.63) is 23.8 Å². The summed E-state index contributed by atoms with van der Waals surface area (Å²) in [5.74, 6) is -1.07. The number of carbonyl (C=O) groups is 2. The van der Waals surface area contributed by atoms with E-state index in [1.54, 1.807) is 18.2 Å². The molecule has 0 radical (unpaired) electrons. The zero-order valence-electron chi connectivity index (χ0n) is 11.3. The van der Waals surface area contributed by atoms with Crippen LogP contribution in [0.3, 0.4) is 0 Å². The van der Waals surface area contributed by atoms with Crippen LogP contribution in [0.2, 0.25) is 0 Å². The zero-order valence-corrected chi connectivity index (χ0v) is 11.3. The summed E-state index contributed by atoms with van der Waals surface area (Å²) in [6.45, 7) is 3.69. The molecule has 6 nitrogen and oxygen atoms in total. The first-order chi connectivity index (χ1) is 8.88. The third kappa shape index (κ3) is 3.37. The second-order valence-corrected chi connectivity index (χ2v) is 4.53. The number of methoxy groups -OCH3 is 1. The highest BCUT2D eigenvalue weighted by atomic mass is 16.5. The SMILES string of the molecule is COC(=O)c1cccc(N)c1NC(C(N)=O)C(C)C. The second kappa shape index (κ2) is 6.08. The van der Waals surface area contributed by atoms with Crippen molar-refractivity contribution in [3.63, 3.8) is 0 Å². The number of hydrogen-bond acceptors (Lipinski definition) is 5. The number of primary amides is 1. The molecule has 0 heterocycles. The van der Waals surface area contributed by atoms with E-state index in [-0.39, 0.29) is 11.5 Å². The molecule has 0 aromatic heterocycles. The van der Waals surface area contributed by atoms with Gasteiger partial charge in [-0.15, -0.1) is 0 Å². The molecule has 0 bridgehead atoms. The topological polar surface area (TPSA) is 107 Å². The number of nitrogens with one attached hydrogen (secondary N) is 1. The molecule has 1 aromatic rings. The molecule has 0 aliphatic rings. The number of nitrogen functional groups attached to an aromatic ring is 1. The zero-order chi connectivity index (χ0) is 14.6. The highest BCUT2D eigenvalue weighted by Gasteiger charge is 2.23. The minimum absolute atomic E-state index is 0.0393. The van der Waals surface area contributed by atoms with Crippen molar-refractivity contribution in [2.45, 2.75) is 19.9 Å². The number of anilines is 2. The summed E-state index contributed by atoms with van der Waals surface area (Å²) in [5, 5.41) is 2.93. The Bertz CT molecular complexity index is 486. The molecular weight excluding hydrogens is 246 g/mol. The van der Waals surface area contributed by atoms with Gasteiger partial charge < -0.3 is 21.5 Å². The molecule has 0 aliphatic heterocycles. The standard InChI is InChI=1S/C13H19N3O3/c1-7(2)10(12(15)17)16-11-8(13(18)19-3)5-4-6-9(11)14/h4-7,10,16H,14H2,1-3H3,(H2,15,17). The Balaban J connectivity index is 3.18. The number of benzene rings is 1. The first kappa shape index (κ1) is 14.8. The number of hydrogen-bond donors (Lipinski definition) is 3. The Morgan fingerprint density at radius 2 is 1.95 bits per heavy atom. The van der Waals surface area contributed by atoms with Gasteiger partial charge >= 0.3 is 5.97 Å². The smallest absolute Gasteiger partial charge is 0.340 e. The molecule has 0 aliphatic carbocycles. The van der Waals surface area contributed by atoms with Gasteiger partial charge in [-0.3, -0.25) is 4.79 Å². The maximum absolute atomic E-state index is 11.7. The summed E-state index contributed by atoms with van der Waals surface area (Å²) >= 11 is 0. The lowest BCUT2D eigenvalue weighted by Gasteiger charge is -2.22. The summed E-state index contributed by atoms with van der Waals surface area (Å²) in [6, 6.07) is 4.23. The van der Waals surface area contributed by atoms with Crippen LogP contribution in [-0.4, -0.2) is 25.0 Å². The minimum Gasteiger partial charge on any atom is -0.465 e. The average molecular weight is 265 g/mol. The molecule has 19 heavy (non-hydrogen) atoms. The summed E-state index contributed by atoms with van der Waals surface area (Å²) in [5.41, 5.74) is 12.2. The van der Waals surface area contributed by atoms with Crippen molar-refractivity contribution in [2.75, 3.05) is 18.2 Å². The molecule has 1 atom stereocenters. The van der Waals surface area contributed by atoms with E-state index in [0.29, 0.717) is 11.4 Å². The fourth-order valence-corrected chi connectivity index (χ4v) is 1.73. The normalized spacial score (nSPS) is 12.0. The molecule has 1 unspecified atom stereocenters. The molecule has 5 N–H and O–H groups in total. The van der Waals surface area contributed by atoms with Crippen LogP contribution in [0.1, 0.15) is 24.2 Å². The van der Waals surface area contributed by atoms with Gasteiger partial charge in [-0.1, -0.05) is 19.9 Å². The fourth-order valence-electron chi connectivity index (χ4n) is 1.73. The maximum Gasteiger partial charge on any atom is 0.340 e. The van der Waals surface area contributed by atoms with E-state index in [2.05, 4.69) is 10.1 Å². The quantitative estimate of drug-likeness (QED) is 0.543. The number of carbonyl (C=O) groups excluding carboxylic acids is 2. The van der Waals surface area contributed by atoms with Gasteiger partial charge in [0.1, 0.15) is 6.04 Å². The van der Waals surface area contributed by atoms with Crippen molar-refractivity contribution in [1.82, 2.24) is 0 Å². The summed E-state index contributed by atoms with van der Waals surface area (Å²) < 4.78 is 4.68. The monoisotopic (exact) mass is 265 g/mol. The first-order valence-electron chi connectivity index (χ1n) is 5.91. The Kier molecular flexibility index (Phi) is 4.74. The average Bonchev–Trinajstić information content (AvgIpc) is 2.35. The molecule has 104 valence electrons. The third-order valence-electron chi connectivity index (χ3n) is 2.78. The van der Waals surface area contributed by atoms with E-state index in [1.165, 1.54) is 7.11 Å². The first-order valence-corrected chi connectivity index (χ1v) is 5.91. The molecule has 1 rings (SSSR count). The molecule has 1 amide bonds. The molecule has 1 aromatic carbocycles. The predicted molar refractivity (Wildman–Crippen MR) is 73.6 cm³/mol. The van der Waals surface area contributed by atoms with Gasteiger partial charge in [0.2, 0.25) is 5.91 Å². The molecular formula is C13H19N3O3. The lowest BCUT2D eigenvalue weighted by molar-refractivity contribution is -0.119. The largest absolute Gasteiger partial charge is 0.465 e. The van der Waals surface area contributed by atoms with E-state index in [9.17, 15) is 9.59 Å². The van der Waals surface area contributed by atoms with Crippen molar-refractivity contribution >= 4 is 23.3 Å². The Morgan fingerprint density at radius 3 is 2.42 bits per heavy atom. The molecule has 0 spiro atoms. The minimum atomic E-state index is -0.617. The van der Waals surface area contributed by atoms with E-state index in [1.807, 2.05) is 13.8 Å². The second-order valence-electron chi connectivity index (χ2n) is 4.53. The van der Waals surface area contributed by atoms with Gasteiger partial charge in [-0.2, -0.15) is 0 Å². The van der Waals surface area contributed by atoms with E-state index >= 15 is 0 Å². The Hall–Kier alpha value is -2.24. The van der Waals surface area contributed by atoms with Gasteiger partial charge in [0.05, 0.1) is 24.0 Å². The van der Waals surface area contributed by atoms with Gasteiger partial charge in [0.25, 0.3) is 0 Å². The maximum atomic E-state index is 11.7. The molecule has 0 fully saturated rings. The highest BCUT2D eigenvalue weighted by molar-refractivity contribution is 5.99. The van der Waals surface area contributed by atoms with Gasteiger partial charge in [-0.05, 0) is 18.1 Å². The van der Waals surface area contributed by atoms with Crippen LogP contribution in [0.15, 0.2) is 18.2 Å². The van der Waals surface area contributed by atoms with Gasteiger partial charge in [0, 0.05) is 0 Å². The van der Waals surface area contributed by atoms with Gasteiger partial charge in [-0.25, -0.2) is 4.79 Å². The Morgan fingerprint density at radius 1 is 1.32 bits per heavy atom. The van der Waals surface area contributed by atoms with Gasteiger partial charge in [0.15, 0.2) is 0 Å². The van der Waals surface area contributed by atoms with Crippen LogP contribution in [0.4, 0.5) is 11.4 Å². The molecule has 6 heteroatoms. The number of para-hydroxylation sites is 1. The van der Waals surface area contributed by atoms with E-state index in [0.717, 1.165) is 0 Å². The third-order valence-corrected chi connectivity index (χ3v) is 2.78. The lowest BCUT2D eigenvalue weighted by Crippen LogP contribution is -2.40. The number of rotatable bonds is 5. The van der Waals surface area contributed by atoms with Crippen LogP contribution < -0.4 is 16.8 Å².